The molecule has 0 fully saturated rings. The normalized spacial score (nSPS) is 21.0. The summed E-state index contributed by atoms with van der Waals surface area (Å²) in [6.45, 7) is 7.58. The van der Waals surface area contributed by atoms with Gasteiger partial charge in [-0.2, -0.15) is 0 Å². The van der Waals surface area contributed by atoms with E-state index in [2.05, 4.69) is 32.1 Å². The summed E-state index contributed by atoms with van der Waals surface area (Å²) in [5.74, 6) is -0.0955. The summed E-state index contributed by atoms with van der Waals surface area (Å²) in [5.41, 5.74) is 3.63. The second-order valence-electron chi connectivity index (χ2n) is 6.10. The van der Waals surface area contributed by atoms with Crippen molar-refractivity contribution in [1.29, 1.82) is 0 Å². The Morgan fingerprint density at radius 1 is 1.38 bits per heavy atom. The van der Waals surface area contributed by atoms with Crippen LogP contribution in [-0.2, 0) is 9.53 Å². The van der Waals surface area contributed by atoms with Gasteiger partial charge in [0.15, 0.2) is 0 Å². The minimum absolute atomic E-state index is 0.0170. The van der Waals surface area contributed by atoms with E-state index < -0.39 is 0 Å². The van der Waals surface area contributed by atoms with E-state index in [0.717, 1.165) is 31.3 Å². The molecule has 0 aromatic carbocycles. The van der Waals surface area contributed by atoms with Gasteiger partial charge in [-0.3, -0.25) is 4.79 Å². The van der Waals surface area contributed by atoms with Gasteiger partial charge in [0.1, 0.15) is 6.10 Å². The fourth-order valence-electron chi connectivity index (χ4n) is 2.36. The Hall–Kier alpha value is -1.35. The molecule has 0 amide bonds. The van der Waals surface area contributed by atoms with Crippen molar-refractivity contribution in [3.63, 3.8) is 0 Å². The number of esters is 1. The molecule has 118 valence electrons. The number of carbonyl (C=O) groups excluding carboxylic acids is 1. The van der Waals surface area contributed by atoms with Gasteiger partial charge in [0.05, 0.1) is 6.42 Å². The lowest BCUT2D eigenvalue weighted by Crippen LogP contribution is -2.21. The summed E-state index contributed by atoms with van der Waals surface area (Å²) in [5, 5.41) is 8.06. The first-order valence-corrected chi connectivity index (χ1v) is 7.79. The summed E-state index contributed by atoms with van der Waals surface area (Å²) in [6, 6.07) is 0. The molecule has 1 atom stereocenters. The molecule has 0 saturated heterocycles. The highest BCUT2D eigenvalue weighted by Gasteiger charge is 2.19. The third-order valence-corrected chi connectivity index (χ3v) is 3.38. The van der Waals surface area contributed by atoms with Crippen LogP contribution in [0.25, 0.3) is 0 Å². The summed E-state index contributed by atoms with van der Waals surface area (Å²) in [4.78, 5) is 11.8. The Balaban J connectivity index is 0.000000491. The van der Waals surface area contributed by atoms with Gasteiger partial charge in [-0.25, -0.2) is 0 Å². The Morgan fingerprint density at radius 3 is 2.57 bits per heavy atom. The monoisotopic (exact) mass is 292 g/mol. The summed E-state index contributed by atoms with van der Waals surface area (Å²) in [6.07, 6.45) is 10.8. The number of rotatable bonds is 3. The first-order chi connectivity index (χ1) is 9.88. The number of aliphatic hydroxyl groups is 1. The fraction of sp³-hybridized carbons (Fsp3) is 0.611. The molecule has 0 bridgehead atoms. The molecule has 0 aliphatic heterocycles. The standard InChI is InChI=1S/C15H20O2.C3H8O/c1-11-7-8-13(9-11)10-15(16)17-14-6-4-3-5-12(14)2;1-3(2)4/h5,8-9,14H,3-4,6-7,10H2,1-2H3;3-4H,1-2H3. The van der Waals surface area contributed by atoms with Crippen LogP contribution in [0.5, 0.6) is 0 Å². The van der Waals surface area contributed by atoms with Gasteiger partial charge in [0.2, 0.25) is 0 Å². The molecule has 2 aliphatic rings. The Morgan fingerprint density at radius 2 is 2.05 bits per heavy atom. The highest BCUT2D eigenvalue weighted by atomic mass is 16.5. The molecule has 1 N–H and O–H groups in total. The van der Waals surface area contributed by atoms with Crippen molar-refractivity contribution in [2.24, 2.45) is 0 Å². The first-order valence-electron chi connectivity index (χ1n) is 7.79. The lowest BCUT2D eigenvalue weighted by molar-refractivity contribution is -0.146. The predicted octanol–water partition coefficient (Wildman–Crippen LogP) is 4.08. The van der Waals surface area contributed by atoms with E-state index in [-0.39, 0.29) is 18.2 Å². The van der Waals surface area contributed by atoms with Crippen molar-refractivity contribution < 1.29 is 14.6 Å². The van der Waals surface area contributed by atoms with Crippen LogP contribution in [0.3, 0.4) is 0 Å². The molecule has 0 aromatic heterocycles. The molecule has 3 nitrogen and oxygen atoms in total. The molecule has 2 aliphatic carbocycles. The Kier molecular flexibility index (Phi) is 7.44. The van der Waals surface area contributed by atoms with Crippen molar-refractivity contribution in [2.75, 3.05) is 0 Å². The average Bonchev–Trinajstić information content (AvgIpc) is 2.77. The minimum atomic E-state index is -0.167. The largest absolute Gasteiger partial charge is 0.458 e. The van der Waals surface area contributed by atoms with Crippen LogP contribution < -0.4 is 0 Å². The maximum absolute atomic E-state index is 11.8. The zero-order valence-electron chi connectivity index (χ0n) is 13.7. The summed E-state index contributed by atoms with van der Waals surface area (Å²) >= 11 is 0. The molecular weight excluding hydrogens is 264 g/mol. The van der Waals surface area contributed by atoms with Crippen molar-refractivity contribution in [3.05, 3.63) is 34.9 Å². The van der Waals surface area contributed by atoms with Gasteiger partial charge in [0.25, 0.3) is 0 Å². The summed E-state index contributed by atoms with van der Waals surface area (Å²) < 4.78 is 5.52. The number of allylic oxidation sites excluding steroid dienone is 4. The highest BCUT2D eigenvalue weighted by molar-refractivity contribution is 5.74. The van der Waals surface area contributed by atoms with Crippen LogP contribution in [0.1, 0.15) is 59.8 Å². The third-order valence-electron chi connectivity index (χ3n) is 3.38. The number of ether oxygens (including phenoxy) is 1. The smallest absolute Gasteiger partial charge is 0.310 e. The predicted molar refractivity (Wildman–Crippen MR) is 85.9 cm³/mol. The minimum Gasteiger partial charge on any atom is -0.458 e. The van der Waals surface area contributed by atoms with Crippen LogP contribution in [0.15, 0.2) is 34.9 Å². The summed E-state index contributed by atoms with van der Waals surface area (Å²) in [7, 11) is 0. The zero-order valence-corrected chi connectivity index (χ0v) is 13.7. The third kappa shape index (κ3) is 7.28. The van der Waals surface area contributed by atoms with E-state index in [1.807, 2.05) is 0 Å². The fourth-order valence-corrected chi connectivity index (χ4v) is 2.36. The van der Waals surface area contributed by atoms with E-state index in [9.17, 15) is 4.79 Å². The second kappa shape index (κ2) is 8.83. The van der Waals surface area contributed by atoms with E-state index in [0.29, 0.717) is 6.42 Å². The van der Waals surface area contributed by atoms with Gasteiger partial charge in [-0.15, -0.1) is 0 Å². The number of aliphatic hydroxyl groups excluding tert-OH is 1. The molecule has 0 aromatic rings. The quantitative estimate of drug-likeness (QED) is 0.629. The Bertz CT molecular complexity index is 439. The van der Waals surface area contributed by atoms with Crippen molar-refractivity contribution >= 4 is 5.97 Å². The van der Waals surface area contributed by atoms with E-state index in [4.69, 9.17) is 9.84 Å². The van der Waals surface area contributed by atoms with E-state index in [1.165, 1.54) is 11.1 Å². The number of hydrogen-bond donors (Lipinski definition) is 1. The van der Waals surface area contributed by atoms with Crippen molar-refractivity contribution in [1.82, 2.24) is 0 Å². The maximum atomic E-state index is 11.8. The van der Waals surface area contributed by atoms with Gasteiger partial charge >= 0.3 is 5.97 Å². The van der Waals surface area contributed by atoms with Crippen LogP contribution in [0.2, 0.25) is 0 Å². The molecule has 21 heavy (non-hydrogen) atoms. The van der Waals surface area contributed by atoms with Crippen LogP contribution >= 0.6 is 0 Å². The van der Waals surface area contributed by atoms with Crippen LogP contribution in [-0.4, -0.2) is 23.3 Å². The topological polar surface area (TPSA) is 46.5 Å². The molecule has 0 heterocycles. The van der Waals surface area contributed by atoms with Crippen LogP contribution in [0, 0.1) is 0 Å². The average molecular weight is 292 g/mol. The molecule has 0 spiro atoms. The van der Waals surface area contributed by atoms with Gasteiger partial charge < -0.3 is 9.84 Å². The molecule has 0 saturated carbocycles. The molecule has 1 unspecified atom stereocenters. The van der Waals surface area contributed by atoms with Crippen molar-refractivity contribution in [2.45, 2.75) is 72.0 Å². The SMILES string of the molecule is CC(C)O.CC1=CC(CC(=O)OC2CCCC=C2C)=CC1. The molecular formula is C18H28O3. The van der Waals surface area contributed by atoms with Gasteiger partial charge in [-0.1, -0.05) is 23.8 Å². The second-order valence-corrected chi connectivity index (χ2v) is 6.10. The highest BCUT2D eigenvalue weighted by Crippen LogP contribution is 2.23. The van der Waals surface area contributed by atoms with Gasteiger partial charge in [0, 0.05) is 6.10 Å². The van der Waals surface area contributed by atoms with E-state index >= 15 is 0 Å². The molecule has 0 radical (unpaired) electrons. The van der Waals surface area contributed by atoms with Gasteiger partial charge in [-0.05, 0) is 64.5 Å². The van der Waals surface area contributed by atoms with E-state index in [1.54, 1.807) is 13.8 Å². The number of hydrogen-bond acceptors (Lipinski definition) is 3. The number of carbonyl (C=O) groups is 1. The van der Waals surface area contributed by atoms with Crippen LogP contribution in [0.4, 0.5) is 0 Å². The lowest BCUT2D eigenvalue weighted by Gasteiger charge is -2.22. The first kappa shape index (κ1) is 17.7. The maximum Gasteiger partial charge on any atom is 0.310 e. The van der Waals surface area contributed by atoms with Crippen molar-refractivity contribution in [3.8, 4) is 0 Å². The lowest BCUT2D eigenvalue weighted by atomic mass is 9.98. The molecule has 2 rings (SSSR count). The Labute approximate surface area is 128 Å². The molecule has 3 heteroatoms. The zero-order chi connectivity index (χ0) is 15.8.